The Bertz CT molecular complexity index is 587. The zero-order valence-corrected chi connectivity index (χ0v) is 13.4. The zero-order valence-electron chi connectivity index (χ0n) is 13.4. The van der Waals surface area contributed by atoms with Crippen LogP contribution in [0.5, 0.6) is 0 Å². The van der Waals surface area contributed by atoms with E-state index in [1.54, 1.807) is 4.90 Å². The maximum Gasteiger partial charge on any atom is 0.254 e. The minimum Gasteiger partial charge on any atom is -0.396 e. The summed E-state index contributed by atoms with van der Waals surface area (Å²) < 4.78 is 26.3. The van der Waals surface area contributed by atoms with Crippen LogP contribution < -0.4 is 5.32 Å². The van der Waals surface area contributed by atoms with E-state index >= 15 is 0 Å². The Labute approximate surface area is 139 Å². The number of aliphatic hydroxyl groups is 1. The van der Waals surface area contributed by atoms with E-state index in [0.717, 1.165) is 25.0 Å². The molecule has 0 saturated carbocycles. The third-order valence-corrected chi connectivity index (χ3v) is 4.25. The van der Waals surface area contributed by atoms with Crippen molar-refractivity contribution in [3.05, 3.63) is 35.4 Å². The summed E-state index contributed by atoms with van der Waals surface area (Å²) in [5.41, 5.74) is -0.214. The number of benzene rings is 1. The molecule has 1 fully saturated rings. The number of likely N-dealkylation sites (tertiary alicyclic amines) is 1. The number of carbonyl (C=O) groups is 2. The highest BCUT2D eigenvalue weighted by Crippen LogP contribution is 2.17. The number of rotatable bonds is 6. The van der Waals surface area contributed by atoms with Gasteiger partial charge in [-0.25, -0.2) is 8.78 Å². The third kappa shape index (κ3) is 4.99. The van der Waals surface area contributed by atoms with Gasteiger partial charge < -0.3 is 15.3 Å². The second kappa shape index (κ2) is 8.73. The van der Waals surface area contributed by atoms with E-state index in [4.69, 9.17) is 5.11 Å². The van der Waals surface area contributed by atoms with E-state index in [2.05, 4.69) is 5.32 Å². The molecule has 0 aromatic heterocycles. The van der Waals surface area contributed by atoms with Gasteiger partial charge in [0.15, 0.2) is 0 Å². The van der Waals surface area contributed by atoms with Crippen LogP contribution in [0, 0.1) is 17.6 Å². The molecule has 0 spiro atoms. The molecule has 1 aromatic carbocycles. The average Bonchev–Trinajstić information content (AvgIpc) is 2.58. The van der Waals surface area contributed by atoms with Gasteiger partial charge in [-0.2, -0.15) is 0 Å². The van der Waals surface area contributed by atoms with Gasteiger partial charge in [0.25, 0.3) is 5.91 Å². The standard InChI is InChI=1S/C17H22F2N2O3/c18-13-3-4-14(15(19)10-13)17(24)20-7-1-2-16(23)21-8-5-12(11-22)6-9-21/h3-4,10,12,22H,1-2,5-9,11H2,(H,20,24). The lowest BCUT2D eigenvalue weighted by atomic mass is 9.97. The lowest BCUT2D eigenvalue weighted by Gasteiger charge is -2.31. The van der Waals surface area contributed by atoms with Gasteiger partial charge in [0, 0.05) is 38.7 Å². The second-order valence-corrected chi connectivity index (χ2v) is 5.99. The fourth-order valence-corrected chi connectivity index (χ4v) is 2.73. The van der Waals surface area contributed by atoms with E-state index in [1.165, 1.54) is 0 Å². The summed E-state index contributed by atoms with van der Waals surface area (Å²) in [6.07, 6.45) is 2.37. The molecule has 0 radical (unpaired) electrons. The third-order valence-electron chi connectivity index (χ3n) is 4.25. The quantitative estimate of drug-likeness (QED) is 0.775. The van der Waals surface area contributed by atoms with Crippen LogP contribution in [0.1, 0.15) is 36.0 Å². The van der Waals surface area contributed by atoms with Crippen LogP contribution in [-0.4, -0.2) is 48.1 Å². The van der Waals surface area contributed by atoms with Gasteiger partial charge in [0.05, 0.1) is 5.56 Å². The maximum absolute atomic E-state index is 13.5. The SMILES string of the molecule is O=C(NCCCC(=O)N1CCC(CO)CC1)c1ccc(F)cc1F. The maximum atomic E-state index is 13.5. The molecule has 1 aliphatic heterocycles. The minimum atomic E-state index is -0.907. The predicted octanol–water partition coefficient (Wildman–Crippen LogP) is 1.71. The Morgan fingerprint density at radius 3 is 2.58 bits per heavy atom. The number of nitrogens with zero attached hydrogens (tertiary/aromatic N) is 1. The number of piperidine rings is 1. The number of carbonyl (C=O) groups excluding carboxylic acids is 2. The van der Waals surface area contributed by atoms with Crippen molar-refractivity contribution in [2.75, 3.05) is 26.2 Å². The number of hydrogen-bond acceptors (Lipinski definition) is 3. The smallest absolute Gasteiger partial charge is 0.254 e. The molecule has 1 heterocycles. The molecule has 5 nitrogen and oxygen atoms in total. The fraction of sp³-hybridized carbons (Fsp3) is 0.529. The Kier molecular flexibility index (Phi) is 6.66. The summed E-state index contributed by atoms with van der Waals surface area (Å²) in [6, 6.07) is 2.78. The van der Waals surface area contributed by atoms with Crippen LogP contribution >= 0.6 is 0 Å². The van der Waals surface area contributed by atoms with Gasteiger partial charge in [-0.1, -0.05) is 0 Å². The van der Waals surface area contributed by atoms with Crippen LogP contribution in [0.4, 0.5) is 8.78 Å². The first kappa shape index (κ1) is 18.3. The molecule has 0 atom stereocenters. The van der Waals surface area contributed by atoms with Crippen molar-refractivity contribution < 1.29 is 23.5 Å². The lowest BCUT2D eigenvalue weighted by molar-refractivity contribution is -0.132. The second-order valence-electron chi connectivity index (χ2n) is 5.99. The number of aliphatic hydroxyl groups excluding tert-OH is 1. The number of nitrogens with one attached hydrogen (secondary N) is 1. The molecule has 0 bridgehead atoms. The summed E-state index contributed by atoms with van der Waals surface area (Å²) in [7, 11) is 0. The van der Waals surface area contributed by atoms with E-state index in [9.17, 15) is 18.4 Å². The highest BCUT2D eigenvalue weighted by Gasteiger charge is 2.21. The summed E-state index contributed by atoms with van der Waals surface area (Å²) in [4.78, 5) is 25.6. The minimum absolute atomic E-state index is 0.0219. The van der Waals surface area contributed by atoms with Crippen molar-refractivity contribution in [3.8, 4) is 0 Å². The van der Waals surface area contributed by atoms with Crippen LogP contribution in [-0.2, 0) is 4.79 Å². The van der Waals surface area contributed by atoms with Crippen LogP contribution in [0.15, 0.2) is 18.2 Å². The summed E-state index contributed by atoms with van der Waals surface area (Å²) in [6.45, 7) is 1.71. The number of amides is 2. The molecular weight excluding hydrogens is 318 g/mol. The van der Waals surface area contributed by atoms with Crippen molar-refractivity contribution >= 4 is 11.8 Å². The van der Waals surface area contributed by atoms with Crippen molar-refractivity contribution in [2.45, 2.75) is 25.7 Å². The Hall–Kier alpha value is -2.02. The first-order chi connectivity index (χ1) is 11.5. The Morgan fingerprint density at radius 1 is 1.25 bits per heavy atom. The molecule has 2 N–H and O–H groups in total. The predicted molar refractivity (Wildman–Crippen MR) is 84.3 cm³/mol. The monoisotopic (exact) mass is 340 g/mol. The van der Waals surface area contributed by atoms with Gasteiger partial charge >= 0.3 is 0 Å². The molecule has 24 heavy (non-hydrogen) atoms. The van der Waals surface area contributed by atoms with Crippen LogP contribution in [0.2, 0.25) is 0 Å². The van der Waals surface area contributed by atoms with E-state index < -0.39 is 17.5 Å². The highest BCUT2D eigenvalue weighted by molar-refractivity contribution is 5.94. The highest BCUT2D eigenvalue weighted by atomic mass is 19.1. The zero-order chi connectivity index (χ0) is 17.5. The first-order valence-corrected chi connectivity index (χ1v) is 8.13. The number of hydrogen-bond donors (Lipinski definition) is 2. The molecular formula is C17H22F2N2O3. The van der Waals surface area contributed by atoms with Crippen molar-refractivity contribution in [2.24, 2.45) is 5.92 Å². The van der Waals surface area contributed by atoms with E-state index in [1.807, 2.05) is 0 Å². The Balaban J connectivity index is 1.69. The first-order valence-electron chi connectivity index (χ1n) is 8.13. The molecule has 132 valence electrons. The van der Waals surface area contributed by atoms with Gasteiger partial charge in [0.1, 0.15) is 11.6 Å². The topological polar surface area (TPSA) is 69.6 Å². The van der Waals surface area contributed by atoms with E-state index in [0.29, 0.717) is 32.0 Å². The van der Waals surface area contributed by atoms with Gasteiger partial charge in [-0.05, 0) is 37.3 Å². The van der Waals surface area contributed by atoms with Gasteiger partial charge in [0.2, 0.25) is 5.91 Å². The van der Waals surface area contributed by atoms with Crippen molar-refractivity contribution in [3.63, 3.8) is 0 Å². The van der Waals surface area contributed by atoms with Crippen LogP contribution in [0.3, 0.4) is 0 Å². The van der Waals surface area contributed by atoms with Gasteiger partial charge in [-0.15, -0.1) is 0 Å². The summed E-state index contributed by atoms with van der Waals surface area (Å²) >= 11 is 0. The summed E-state index contributed by atoms with van der Waals surface area (Å²) in [5.74, 6) is -1.97. The normalized spacial score (nSPS) is 15.4. The molecule has 0 unspecified atom stereocenters. The molecule has 1 aromatic rings. The van der Waals surface area contributed by atoms with Crippen molar-refractivity contribution in [1.82, 2.24) is 10.2 Å². The molecule has 2 rings (SSSR count). The molecule has 1 saturated heterocycles. The fourth-order valence-electron chi connectivity index (χ4n) is 2.73. The van der Waals surface area contributed by atoms with Crippen LogP contribution in [0.25, 0.3) is 0 Å². The largest absolute Gasteiger partial charge is 0.396 e. The average molecular weight is 340 g/mol. The van der Waals surface area contributed by atoms with Crippen molar-refractivity contribution in [1.29, 1.82) is 0 Å². The molecule has 2 amide bonds. The molecule has 7 heteroatoms. The Morgan fingerprint density at radius 2 is 1.96 bits per heavy atom. The molecule has 1 aliphatic rings. The van der Waals surface area contributed by atoms with E-state index in [-0.39, 0.29) is 30.5 Å². The summed E-state index contributed by atoms with van der Waals surface area (Å²) in [5, 5.41) is 11.6. The number of halogens is 2. The lowest BCUT2D eigenvalue weighted by Crippen LogP contribution is -2.39. The van der Waals surface area contributed by atoms with Gasteiger partial charge in [-0.3, -0.25) is 9.59 Å². The molecule has 0 aliphatic carbocycles.